The quantitative estimate of drug-likeness (QED) is 0.393. The van der Waals surface area contributed by atoms with Gasteiger partial charge in [0, 0.05) is 24.8 Å². The number of rotatable bonds is 12. The first kappa shape index (κ1) is 22.7. The number of benzene rings is 1. The van der Waals surface area contributed by atoms with Crippen LogP contribution in [-0.4, -0.2) is 63.3 Å². The standard InChI is InChI=1S/C21H25N7O4/c1-31-20-12-17(23-21(22)24-20)5-2-16-3-6-19(7-4-16)27(10-11-29)8-9-28-13-18(25-26-28)14-32-15-30/h2-7,12-13,15,29H,8-11,14H2,1H3,(H2,22,23,24)/b5-2+. The van der Waals surface area contributed by atoms with Gasteiger partial charge in [0.2, 0.25) is 11.8 Å². The van der Waals surface area contributed by atoms with Gasteiger partial charge in [0.25, 0.3) is 6.47 Å². The van der Waals surface area contributed by atoms with Crippen molar-refractivity contribution in [3.63, 3.8) is 0 Å². The Morgan fingerprint density at radius 3 is 2.72 bits per heavy atom. The zero-order valence-corrected chi connectivity index (χ0v) is 17.7. The van der Waals surface area contributed by atoms with Crippen LogP contribution in [0.1, 0.15) is 17.0 Å². The molecule has 3 aromatic rings. The summed E-state index contributed by atoms with van der Waals surface area (Å²) in [4.78, 5) is 20.5. The van der Waals surface area contributed by atoms with Gasteiger partial charge in [-0.3, -0.25) is 9.48 Å². The largest absolute Gasteiger partial charge is 0.481 e. The van der Waals surface area contributed by atoms with E-state index in [0.29, 0.717) is 43.4 Å². The summed E-state index contributed by atoms with van der Waals surface area (Å²) in [5.41, 5.74) is 8.85. The van der Waals surface area contributed by atoms with Crippen molar-refractivity contribution in [2.45, 2.75) is 13.2 Å². The second-order valence-corrected chi connectivity index (χ2v) is 6.71. The van der Waals surface area contributed by atoms with Crippen LogP contribution >= 0.6 is 0 Å². The molecule has 3 N–H and O–H groups in total. The lowest BCUT2D eigenvalue weighted by Crippen LogP contribution is -2.30. The summed E-state index contributed by atoms with van der Waals surface area (Å²) in [6.07, 6.45) is 5.47. The molecule has 0 saturated heterocycles. The Hall–Kier alpha value is -3.99. The van der Waals surface area contributed by atoms with E-state index in [0.717, 1.165) is 11.3 Å². The van der Waals surface area contributed by atoms with Crippen molar-refractivity contribution >= 4 is 30.3 Å². The Kier molecular flexibility index (Phi) is 8.09. The smallest absolute Gasteiger partial charge is 0.293 e. The highest BCUT2D eigenvalue weighted by Gasteiger charge is 2.08. The molecular formula is C21H25N7O4. The van der Waals surface area contributed by atoms with Crippen LogP contribution in [0.4, 0.5) is 11.6 Å². The highest BCUT2D eigenvalue weighted by molar-refractivity contribution is 5.69. The van der Waals surface area contributed by atoms with Crippen molar-refractivity contribution in [1.82, 2.24) is 25.0 Å². The van der Waals surface area contributed by atoms with Gasteiger partial charge in [0.15, 0.2) is 0 Å². The van der Waals surface area contributed by atoms with Crippen LogP contribution in [0.5, 0.6) is 5.88 Å². The van der Waals surface area contributed by atoms with Crippen molar-refractivity contribution in [2.75, 3.05) is 37.4 Å². The second kappa shape index (κ2) is 11.4. The molecule has 0 bridgehead atoms. The van der Waals surface area contributed by atoms with Gasteiger partial charge in [-0.15, -0.1) is 5.10 Å². The minimum absolute atomic E-state index is 0.0222. The van der Waals surface area contributed by atoms with E-state index in [4.69, 9.17) is 10.5 Å². The summed E-state index contributed by atoms with van der Waals surface area (Å²) < 4.78 is 11.5. The third kappa shape index (κ3) is 6.51. The zero-order valence-electron chi connectivity index (χ0n) is 17.7. The number of carbonyl (C=O) groups excluding carboxylic acids is 1. The maximum absolute atomic E-state index is 10.3. The maximum atomic E-state index is 10.3. The Balaban J connectivity index is 1.63. The Labute approximate surface area is 185 Å². The van der Waals surface area contributed by atoms with E-state index in [-0.39, 0.29) is 19.2 Å². The molecule has 0 amide bonds. The van der Waals surface area contributed by atoms with Crippen LogP contribution in [0.25, 0.3) is 12.2 Å². The zero-order chi connectivity index (χ0) is 22.8. The van der Waals surface area contributed by atoms with Gasteiger partial charge in [-0.2, -0.15) is 4.98 Å². The van der Waals surface area contributed by atoms with E-state index in [1.165, 1.54) is 7.11 Å². The van der Waals surface area contributed by atoms with Gasteiger partial charge in [0.1, 0.15) is 12.3 Å². The summed E-state index contributed by atoms with van der Waals surface area (Å²) >= 11 is 0. The van der Waals surface area contributed by atoms with E-state index in [1.54, 1.807) is 16.9 Å². The number of aliphatic hydroxyl groups is 1. The SMILES string of the molecule is COc1cc(/C=C/c2ccc(N(CCO)CCn3cc(COC=O)nn3)cc2)nc(N)n1. The molecule has 3 rings (SSSR count). The summed E-state index contributed by atoms with van der Waals surface area (Å²) in [6.45, 7) is 2.15. The maximum Gasteiger partial charge on any atom is 0.293 e. The third-order valence-corrected chi connectivity index (χ3v) is 4.51. The molecule has 0 fully saturated rings. The average molecular weight is 439 g/mol. The van der Waals surface area contributed by atoms with Gasteiger partial charge in [0.05, 0.1) is 32.2 Å². The molecule has 0 spiro atoms. The Bertz CT molecular complexity index is 1040. The number of anilines is 2. The number of nitrogen functional groups attached to an aromatic ring is 1. The summed E-state index contributed by atoms with van der Waals surface area (Å²) in [7, 11) is 1.52. The van der Waals surface area contributed by atoms with E-state index in [9.17, 15) is 9.90 Å². The lowest BCUT2D eigenvalue weighted by molar-refractivity contribution is -0.129. The molecule has 168 valence electrons. The molecule has 0 atom stereocenters. The number of hydrogen-bond acceptors (Lipinski definition) is 10. The topological polar surface area (TPSA) is 142 Å². The van der Waals surface area contributed by atoms with Gasteiger partial charge in [-0.05, 0) is 23.8 Å². The lowest BCUT2D eigenvalue weighted by Gasteiger charge is -2.24. The van der Waals surface area contributed by atoms with Gasteiger partial charge in [-0.25, -0.2) is 4.98 Å². The van der Waals surface area contributed by atoms with E-state index in [2.05, 4.69) is 25.0 Å². The molecule has 1 aromatic carbocycles. The fraction of sp³-hybridized carbons (Fsp3) is 0.286. The van der Waals surface area contributed by atoms with Crippen molar-refractivity contribution in [3.05, 3.63) is 53.5 Å². The van der Waals surface area contributed by atoms with Gasteiger partial charge >= 0.3 is 0 Å². The molecule has 0 aliphatic carbocycles. The van der Waals surface area contributed by atoms with Crippen LogP contribution in [0.15, 0.2) is 36.5 Å². The van der Waals surface area contributed by atoms with Crippen LogP contribution in [0.3, 0.4) is 0 Å². The number of nitrogens with two attached hydrogens (primary N) is 1. The fourth-order valence-corrected chi connectivity index (χ4v) is 2.98. The Morgan fingerprint density at radius 1 is 1.19 bits per heavy atom. The molecular weight excluding hydrogens is 414 g/mol. The molecule has 2 aromatic heterocycles. The number of ether oxygens (including phenoxy) is 2. The van der Waals surface area contributed by atoms with E-state index < -0.39 is 0 Å². The summed E-state index contributed by atoms with van der Waals surface area (Å²) in [5.74, 6) is 0.553. The van der Waals surface area contributed by atoms with Crippen molar-refractivity contribution in [2.24, 2.45) is 0 Å². The molecule has 11 nitrogen and oxygen atoms in total. The highest BCUT2D eigenvalue weighted by atomic mass is 16.5. The first-order valence-electron chi connectivity index (χ1n) is 9.88. The minimum atomic E-state index is 0.0222. The van der Waals surface area contributed by atoms with Crippen LogP contribution < -0.4 is 15.4 Å². The molecule has 0 radical (unpaired) electrons. The number of methoxy groups -OCH3 is 1. The van der Waals surface area contributed by atoms with Gasteiger partial charge in [-0.1, -0.05) is 23.4 Å². The number of aromatic nitrogens is 5. The van der Waals surface area contributed by atoms with Crippen LogP contribution in [0.2, 0.25) is 0 Å². The van der Waals surface area contributed by atoms with E-state index in [1.807, 2.05) is 41.3 Å². The predicted molar refractivity (Wildman–Crippen MR) is 119 cm³/mol. The van der Waals surface area contributed by atoms with Crippen molar-refractivity contribution in [3.8, 4) is 5.88 Å². The lowest BCUT2D eigenvalue weighted by atomic mass is 10.1. The van der Waals surface area contributed by atoms with E-state index >= 15 is 0 Å². The number of aliphatic hydroxyl groups excluding tert-OH is 1. The molecule has 0 unspecified atom stereocenters. The van der Waals surface area contributed by atoms with Gasteiger partial charge < -0.3 is 25.2 Å². The van der Waals surface area contributed by atoms with Crippen molar-refractivity contribution in [1.29, 1.82) is 0 Å². The summed E-state index contributed by atoms with van der Waals surface area (Å²) in [5, 5.41) is 17.4. The first-order valence-corrected chi connectivity index (χ1v) is 9.88. The van der Waals surface area contributed by atoms with Crippen LogP contribution in [0, 0.1) is 0 Å². The molecule has 0 saturated carbocycles. The minimum Gasteiger partial charge on any atom is -0.481 e. The number of nitrogens with zero attached hydrogens (tertiary/aromatic N) is 6. The molecule has 0 aliphatic rings. The molecule has 0 aliphatic heterocycles. The monoisotopic (exact) mass is 439 g/mol. The van der Waals surface area contributed by atoms with Crippen molar-refractivity contribution < 1.29 is 19.4 Å². The number of hydrogen-bond donors (Lipinski definition) is 2. The summed E-state index contributed by atoms with van der Waals surface area (Å²) in [6, 6.07) is 9.61. The first-order chi connectivity index (χ1) is 15.6. The normalized spacial score (nSPS) is 10.9. The average Bonchev–Trinajstić information content (AvgIpc) is 3.27. The highest BCUT2D eigenvalue weighted by Crippen LogP contribution is 2.18. The fourth-order valence-electron chi connectivity index (χ4n) is 2.98. The Morgan fingerprint density at radius 2 is 2.00 bits per heavy atom. The third-order valence-electron chi connectivity index (χ3n) is 4.51. The molecule has 2 heterocycles. The number of carbonyl (C=O) groups is 1. The molecule has 11 heteroatoms. The molecule has 32 heavy (non-hydrogen) atoms. The van der Waals surface area contributed by atoms with Crippen LogP contribution in [-0.2, 0) is 22.7 Å². The second-order valence-electron chi connectivity index (χ2n) is 6.71. The predicted octanol–water partition coefficient (Wildman–Crippen LogP) is 1.00.